The summed E-state index contributed by atoms with van der Waals surface area (Å²) in [5, 5.41) is 0.839. The number of hydrogen-bond acceptors (Lipinski definition) is 10. The summed E-state index contributed by atoms with van der Waals surface area (Å²) >= 11 is 0. The monoisotopic (exact) mass is 673 g/mol. The molecule has 13 nitrogen and oxygen atoms in total. The topological polar surface area (TPSA) is 142 Å². The van der Waals surface area contributed by atoms with Crippen molar-refractivity contribution in [3.63, 3.8) is 0 Å². The zero-order chi connectivity index (χ0) is 34.4. The summed E-state index contributed by atoms with van der Waals surface area (Å²) in [7, 11) is 3.17. The lowest BCUT2D eigenvalue weighted by Gasteiger charge is -2.41. The molecule has 0 spiro atoms. The molecule has 2 aliphatic heterocycles. The summed E-state index contributed by atoms with van der Waals surface area (Å²) in [5.74, 6) is -3.55. The molecule has 0 saturated carbocycles. The number of piperazine rings is 1. The minimum Gasteiger partial charge on any atom is -0.493 e. The number of benzene rings is 2. The minimum absolute atomic E-state index is 0.102. The molecule has 1 aromatic heterocycles. The highest BCUT2D eigenvalue weighted by atomic mass is 32.2. The SMILES string of the molecule is COC[C@H]1CN(c2cc(C)c3c4c(c(=O)oc3c2C)CN(C(=O)c2ccc(C(=O)NS(=O)(=O)N(C)C)c(OC)c2F)CC4)CCN1C. The first-order valence-corrected chi connectivity index (χ1v) is 16.6. The molecule has 0 aliphatic carbocycles. The zero-order valence-electron chi connectivity index (χ0n) is 27.6. The summed E-state index contributed by atoms with van der Waals surface area (Å²) in [5.41, 5.74) is 3.10. The van der Waals surface area contributed by atoms with E-state index in [1.807, 2.05) is 18.6 Å². The average Bonchev–Trinajstić information content (AvgIpc) is 3.03. The number of carbonyl (C=O) groups is 2. The number of aryl methyl sites for hydroxylation is 2. The molecule has 3 aromatic rings. The number of likely N-dealkylation sites (N-methyl/N-ethyl adjacent to an activating group) is 1. The van der Waals surface area contributed by atoms with E-state index in [-0.39, 0.29) is 19.1 Å². The Morgan fingerprint density at radius 3 is 2.47 bits per heavy atom. The number of anilines is 1. The van der Waals surface area contributed by atoms with Crippen LogP contribution in [0, 0.1) is 19.7 Å². The summed E-state index contributed by atoms with van der Waals surface area (Å²) in [6.07, 6.45) is 0.342. The van der Waals surface area contributed by atoms with E-state index in [2.05, 4.69) is 22.9 Å². The molecule has 0 radical (unpaired) electrons. The number of ether oxygens (including phenoxy) is 2. The maximum Gasteiger partial charge on any atom is 0.341 e. The van der Waals surface area contributed by atoms with Gasteiger partial charge in [0.1, 0.15) is 5.58 Å². The Balaban J connectivity index is 1.45. The second-order valence-electron chi connectivity index (χ2n) is 12.1. The molecular formula is C32H40FN5O8S. The van der Waals surface area contributed by atoms with Crippen molar-refractivity contribution >= 4 is 38.7 Å². The second kappa shape index (κ2) is 13.2. The first-order chi connectivity index (χ1) is 22.2. The van der Waals surface area contributed by atoms with Crippen LogP contribution in [0.15, 0.2) is 27.4 Å². The van der Waals surface area contributed by atoms with Crippen molar-refractivity contribution in [2.24, 2.45) is 0 Å². The van der Waals surface area contributed by atoms with Crippen molar-refractivity contribution in [2.45, 2.75) is 32.9 Å². The van der Waals surface area contributed by atoms with Crippen molar-refractivity contribution in [2.75, 3.05) is 73.0 Å². The lowest BCUT2D eigenvalue weighted by Crippen LogP contribution is -2.53. The van der Waals surface area contributed by atoms with E-state index in [9.17, 15) is 22.8 Å². The minimum atomic E-state index is -4.16. The molecule has 0 bridgehead atoms. The Hall–Kier alpha value is -4.05. The van der Waals surface area contributed by atoms with Crippen LogP contribution in [0.3, 0.4) is 0 Å². The molecule has 2 aromatic carbocycles. The lowest BCUT2D eigenvalue weighted by atomic mass is 9.92. The van der Waals surface area contributed by atoms with Gasteiger partial charge < -0.3 is 23.7 Å². The number of carbonyl (C=O) groups excluding carboxylic acids is 2. The van der Waals surface area contributed by atoms with Gasteiger partial charge >= 0.3 is 15.8 Å². The summed E-state index contributed by atoms with van der Waals surface area (Å²) in [6, 6.07) is 4.56. The molecule has 2 aliphatic rings. The van der Waals surface area contributed by atoms with Gasteiger partial charge in [-0.1, -0.05) is 0 Å². The first-order valence-electron chi connectivity index (χ1n) is 15.1. The molecule has 1 saturated heterocycles. The Kier molecular flexibility index (Phi) is 9.64. The largest absolute Gasteiger partial charge is 0.493 e. The van der Waals surface area contributed by atoms with Crippen molar-refractivity contribution in [1.29, 1.82) is 0 Å². The van der Waals surface area contributed by atoms with E-state index >= 15 is 4.39 Å². The fraction of sp³-hybridized carbons (Fsp3) is 0.469. The van der Waals surface area contributed by atoms with Crippen LogP contribution in [0.25, 0.3) is 11.0 Å². The summed E-state index contributed by atoms with van der Waals surface area (Å²) in [6.45, 7) is 7.08. The predicted molar refractivity (Wildman–Crippen MR) is 174 cm³/mol. The van der Waals surface area contributed by atoms with Crippen LogP contribution in [0.5, 0.6) is 5.75 Å². The van der Waals surface area contributed by atoms with Gasteiger partial charge in [-0.2, -0.15) is 12.7 Å². The number of rotatable bonds is 8. The van der Waals surface area contributed by atoms with Gasteiger partial charge in [0, 0.05) is 64.0 Å². The van der Waals surface area contributed by atoms with Crippen molar-refractivity contribution in [3.8, 4) is 5.75 Å². The van der Waals surface area contributed by atoms with E-state index in [1.54, 1.807) is 7.11 Å². The van der Waals surface area contributed by atoms with Gasteiger partial charge in [0.15, 0.2) is 11.6 Å². The fourth-order valence-corrected chi connectivity index (χ4v) is 6.85. The van der Waals surface area contributed by atoms with E-state index in [1.165, 1.54) is 19.0 Å². The molecule has 5 rings (SSSR count). The third kappa shape index (κ3) is 6.32. The molecule has 0 unspecified atom stereocenters. The van der Waals surface area contributed by atoms with E-state index in [0.717, 1.165) is 70.9 Å². The standard InChI is InChI=1S/C32H40FN5O8S/c1-18-14-25(37-13-12-36(5)20(15-37)17-44-6)19(2)28-26(18)21-10-11-38(16-24(21)32(41)46-28)31(40)22-8-9-23(29(45-7)27(22)33)30(39)34-47(42,43)35(3)4/h8-9,14,20H,10-13,15-17H2,1-7H3,(H,34,39)/t20-/m1/s1. The highest BCUT2D eigenvalue weighted by molar-refractivity contribution is 7.87. The molecule has 1 atom stereocenters. The number of hydrogen-bond donors (Lipinski definition) is 1. The normalized spacial score (nSPS) is 17.3. The fourth-order valence-electron chi connectivity index (χ4n) is 6.32. The number of methoxy groups -OCH3 is 2. The van der Waals surface area contributed by atoms with Crippen LogP contribution in [0.1, 0.15) is 43.0 Å². The van der Waals surface area contributed by atoms with Gasteiger partial charge in [-0.05, 0) is 56.6 Å². The molecule has 1 N–H and O–H groups in total. The number of amides is 2. The molecule has 15 heteroatoms. The van der Waals surface area contributed by atoms with Crippen molar-refractivity contribution in [3.05, 3.63) is 67.8 Å². The number of nitrogens with zero attached hydrogens (tertiary/aromatic N) is 4. The average molecular weight is 674 g/mol. The second-order valence-corrected chi connectivity index (χ2v) is 14.0. The van der Waals surface area contributed by atoms with Crippen molar-refractivity contribution < 1.29 is 36.3 Å². The smallest absolute Gasteiger partial charge is 0.341 e. The number of fused-ring (bicyclic) bond motifs is 3. The maximum atomic E-state index is 15.6. The van der Waals surface area contributed by atoms with Gasteiger partial charge in [0.2, 0.25) is 0 Å². The van der Waals surface area contributed by atoms with Crippen LogP contribution in [0.2, 0.25) is 0 Å². The molecule has 47 heavy (non-hydrogen) atoms. The predicted octanol–water partition coefficient (Wildman–Crippen LogP) is 2.06. The van der Waals surface area contributed by atoms with Crippen LogP contribution >= 0.6 is 0 Å². The van der Waals surface area contributed by atoms with Crippen LogP contribution in [-0.4, -0.2) is 109 Å². The molecule has 1 fully saturated rings. The van der Waals surface area contributed by atoms with E-state index in [0.29, 0.717) is 24.2 Å². The first kappa shape index (κ1) is 34.3. The molecule has 2 amide bonds. The highest BCUT2D eigenvalue weighted by Gasteiger charge is 2.33. The third-order valence-corrected chi connectivity index (χ3v) is 10.4. The zero-order valence-corrected chi connectivity index (χ0v) is 28.4. The maximum absolute atomic E-state index is 15.6. The van der Waals surface area contributed by atoms with Gasteiger partial charge in [0.05, 0.1) is 43.0 Å². The van der Waals surface area contributed by atoms with E-state index < -0.39 is 50.3 Å². The molecular weight excluding hydrogens is 633 g/mol. The Morgan fingerprint density at radius 1 is 1.11 bits per heavy atom. The van der Waals surface area contributed by atoms with Gasteiger partial charge in [-0.15, -0.1) is 0 Å². The molecule has 3 heterocycles. The Bertz CT molecular complexity index is 1910. The van der Waals surface area contributed by atoms with E-state index in [4.69, 9.17) is 13.9 Å². The molecule has 254 valence electrons. The van der Waals surface area contributed by atoms with Crippen LogP contribution < -0.4 is 20.0 Å². The van der Waals surface area contributed by atoms with Crippen LogP contribution in [0.4, 0.5) is 10.1 Å². The van der Waals surface area contributed by atoms with Crippen molar-refractivity contribution in [1.82, 2.24) is 18.8 Å². The quantitative estimate of drug-likeness (QED) is 0.353. The Morgan fingerprint density at radius 2 is 1.81 bits per heavy atom. The van der Waals surface area contributed by atoms with Gasteiger partial charge in [-0.25, -0.2) is 13.9 Å². The summed E-state index contributed by atoms with van der Waals surface area (Å²) < 4.78 is 58.9. The number of halogens is 1. The van der Waals surface area contributed by atoms with Gasteiger partial charge in [0.25, 0.3) is 11.8 Å². The third-order valence-electron chi connectivity index (χ3n) is 9.03. The van der Waals surface area contributed by atoms with Gasteiger partial charge in [-0.3, -0.25) is 14.5 Å². The van der Waals surface area contributed by atoms with Crippen LogP contribution in [-0.2, 0) is 27.9 Å². The Labute approximate surface area is 273 Å². The number of nitrogens with one attached hydrogen (secondary N) is 1. The summed E-state index contributed by atoms with van der Waals surface area (Å²) in [4.78, 5) is 45.6. The highest BCUT2D eigenvalue weighted by Crippen LogP contribution is 2.36. The lowest BCUT2D eigenvalue weighted by molar-refractivity contribution is 0.0726.